The van der Waals surface area contributed by atoms with Crippen molar-refractivity contribution in [2.24, 2.45) is 0 Å². The molecular weight excluding hydrogens is 190 g/mol. The van der Waals surface area contributed by atoms with E-state index in [4.69, 9.17) is 0 Å². The Kier molecular flexibility index (Phi) is 2.64. The molecule has 0 fully saturated rings. The first-order valence-corrected chi connectivity index (χ1v) is 5.13. The molecule has 15 heavy (non-hydrogen) atoms. The van der Waals surface area contributed by atoms with Gasteiger partial charge in [0, 0.05) is 6.54 Å². The first-order valence-electron chi connectivity index (χ1n) is 5.13. The number of phenols is 2. The van der Waals surface area contributed by atoms with Crippen LogP contribution >= 0.6 is 0 Å². The second-order valence-electron chi connectivity index (χ2n) is 3.75. The fourth-order valence-electron chi connectivity index (χ4n) is 1.98. The van der Waals surface area contributed by atoms with Gasteiger partial charge in [0.05, 0.1) is 6.04 Å². The normalized spacial score (nSPS) is 20.5. The average Bonchev–Trinajstić information content (AvgIpc) is 2.21. The summed E-state index contributed by atoms with van der Waals surface area (Å²) in [4.78, 5) is 0. The SMILES string of the molecule is C/C=C/[C@@H]1NCCc2cc(O)c(O)cc21. The van der Waals surface area contributed by atoms with Crippen LogP contribution in [-0.2, 0) is 6.42 Å². The van der Waals surface area contributed by atoms with Gasteiger partial charge in [0.2, 0.25) is 0 Å². The third-order valence-electron chi connectivity index (χ3n) is 2.71. The number of rotatable bonds is 1. The molecule has 0 amide bonds. The summed E-state index contributed by atoms with van der Waals surface area (Å²) in [6.07, 6.45) is 4.92. The van der Waals surface area contributed by atoms with Gasteiger partial charge < -0.3 is 15.5 Å². The standard InChI is InChI=1S/C12H15NO2/c1-2-3-10-9-7-12(15)11(14)6-8(9)4-5-13-10/h2-3,6-7,10,13-15H,4-5H2,1H3/b3-2+/t10-/m0/s1. The van der Waals surface area contributed by atoms with Crippen LogP contribution in [0.5, 0.6) is 11.5 Å². The van der Waals surface area contributed by atoms with Crippen LogP contribution in [0.2, 0.25) is 0 Å². The van der Waals surface area contributed by atoms with Crippen LogP contribution in [0.1, 0.15) is 24.1 Å². The second-order valence-corrected chi connectivity index (χ2v) is 3.75. The highest BCUT2D eigenvalue weighted by atomic mass is 16.3. The van der Waals surface area contributed by atoms with Crippen LogP contribution in [0.15, 0.2) is 24.3 Å². The van der Waals surface area contributed by atoms with E-state index in [0.29, 0.717) is 0 Å². The Labute approximate surface area is 89.1 Å². The summed E-state index contributed by atoms with van der Waals surface area (Å²) in [5.74, 6) is -0.0816. The van der Waals surface area contributed by atoms with Gasteiger partial charge in [-0.3, -0.25) is 0 Å². The summed E-state index contributed by atoms with van der Waals surface area (Å²) in [5.41, 5.74) is 2.15. The van der Waals surface area contributed by atoms with Gasteiger partial charge in [-0.15, -0.1) is 0 Å². The number of allylic oxidation sites excluding steroid dienone is 1. The third-order valence-corrected chi connectivity index (χ3v) is 2.71. The quantitative estimate of drug-likeness (QED) is 0.484. The summed E-state index contributed by atoms with van der Waals surface area (Å²) in [6.45, 7) is 2.86. The molecule has 0 saturated carbocycles. The molecule has 0 unspecified atom stereocenters. The first-order chi connectivity index (χ1) is 7.22. The number of hydrogen-bond donors (Lipinski definition) is 3. The highest BCUT2D eigenvalue weighted by molar-refractivity contribution is 5.48. The van der Waals surface area contributed by atoms with Crippen LogP contribution in [0.4, 0.5) is 0 Å². The molecule has 0 bridgehead atoms. The Hall–Kier alpha value is -1.48. The molecule has 1 heterocycles. The summed E-state index contributed by atoms with van der Waals surface area (Å²) >= 11 is 0. The van der Waals surface area contributed by atoms with Crippen LogP contribution in [0.3, 0.4) is 0 Å². The molecule has 0 aromatic heterocycles. The van der Waals surface area contributed by atoms with Gasteiger partial charge in [-0.05, 0) is 36.6 Å². The van der Waals surface area contributed by atoms with Crippen molar-refractivity contribution in [1.82, 2.24) is 5.32 Å². The number of nitrogens with one attached hydrogen (secondary N) is 1. The summed E-state index contributed by atoms with van der Waals surface area (Å²) in [7, 11) is 0. The van der Waals surface area contributed by atoms with Crippen molar-refractivity contribution >= 4 is 0 Å². The van der Waals surface area contributed by atoms with E-state index >= 15 is 0 Å². The fourth-order valence-corrected chi connectivity index (χ4v) is 1.98. The van der Waals surface area contributed by atoms with Crippen molar-refractivity contribution in [2.45, 2.75) is 19.4 Å². The van der Waals surface area contributed by atoms with Crippen LogP contribution < -0.4 is 5.32 Å². The van der Waals surface area contributed by atoms with Gasteiger partial charge in [0.15, 0.2) is 11.5 Å². The van der Waals surface area contributed by atoms with E-state index in [-0.39, 0.29) is 17.5 Å². The largest absolute Gasteiger partial charge is 0.504 e. The third kappa shape index (κ3) is 1.83. The highest BCUT2D eigenvalue weighted by Gasteiger charge is 2.19. The minimum Gasteiger partial charge on any atom is -0.504 e. The predicted octanol–water partition coefficient (Wildman–Crippen LogP) is 1.86. The molecule has 3 heteroatoms. The van der Waals surface area contributed by atoms with Gasteiger partial charge in [0.1, 0.15) is 0 Å². The van der Waals surface area contributed by atoms with Crippen molar-refractivity contribution < 1.29 is 10.2 Å². The molecule has 2 rings (SSSR count). The lowest BCUT2D eigenvalue weighted by molar-refractivity contribution is 0.400. The average molecular weight is 205 g/mol. The van der Waals surface area contributed by atoms with E-state index in [0.717, 1.165) is 24.1 Å². The van der Waals surface area contributed by atoms with Crippen molar-refractivity contribution in [3.8, 4) is 11.5 Å². The Morgan fingerprint density at radius 3 is 2.80 bits per heavy atom. The zero-order valence-corrected chi connectivity index (χ0v) is 8.70. The summed E-state index contributed by atoms with van der Waals surface area (Å²) in [5, 5.41) is 22.2. The Bertz CT molecular complexity index is 399. The second kappa shape index (κ2) is 3.95. The number of hydrogen-bond acceptors (Lipinski definition) is 3. The minimum atomic E-state index is -0.0491. The molecule has 1 aliphatic heterocycles. The lowest BCUT2D eigenvalue weighted by atomic mass is 9.93. The Balaban J connectivity index is 2.46. The molecule has 0 radical (unpaired) electrons. The summed E-state index contributed by atoms with van der Waals surface area (Å²) < 4.78 is 0. The van der Waals surface area contributed by atoms with Crippen molar-refractivity contribution in [3.63, 3.8) is 0 Å². The smallest absolute Gasteiger partial charge is 0.157 e. The lowest BCUT2D eigenvalue weighted by Gasteiger charge is -2.25. The van der Waals surface area contributed by atoms with Crippen LogP contribution in [0.25, 0.3) is 0 Å². The van der Waals surface area contributed by atoms with Gasteiger partial charge >= 0.3 is 0 Å². The van der Waals surface area contributed by atoms with E-state index in [2.05, 4.69) is 11.4 Å². The summed E-state index contributed by atoms with van der Waals surface area (Å²) in [6, 6.07) is 3.44. The van der Waals surface area contributed by atoms with E-state index in [1.54, 1.807) is 12.1 Å². The number of benzene rings is 1. The topological polar surface area (TPSA) is 52.5 Å². The van der Waals surface area contributed by atoms with Crippen molar-refractivity contribution in [1.29, 1.82) is 0 Å². The van der Waals surface area contributed by atoms with Gasteiger partial charge in [-0.25, -0.2) is 0 Å². The molecule has 1 aromatic rings. The van der Waals surface area contributed by atoms with Crippen LogP contribution in [0, 0.1) is 0 Å². The first kappa shape index (κ1) is 10.1. The molecule has 80 valence electrons. The molecular formula is C12H15NO2. The number of fused-ring (bicyclic) bond motifs is 1. The maximum Gasteiger partial charge on any atom is 0.157 e. The molecule has 1 aromatic carbocycles. The minimum absolute atomic E-state index is 0.0325. The van der Waals surface area contributed by atoms with E-state index in [1.807, 2.05) is 13.0 Å². The maximum atomic E-state index is 9.46. The molecule has 1 atom stereocenters. The van der Waals surface area contributed by atoms with E-state index < -0.39 is 0 Å². The maximum absolute atomic E-state index is 9.46. The molecule has 0 saturated heterocycles. The van der Waals surface area contributed by atoms with Crippen LogP contribution in [-0.4, -0.2) is 16.8 Å². The van der Waals surface area contributed by atoms with Crippen molar-refractivity contribution in [2.75, 3.05) is 6.54 Å². The Morgan fingerprint density at radius 1 is 1.33 bits per heavy atom. The fraction of sp³-hybridized carbons (Fsp3) is 0.333. The molecule has 0 aliphatic carbocycles. The van der Waals surface area contributed by atoms with Gasteiger partial charge in [0.25, 0.3) is 0 Å². The molecule has 3 nitrogen and oxygen atoms in total. The van der Waals surface area contributed by atoms with Crippen molar-refractivity contribution in [3.05, 3.63) is 35.4 Å². The molecule has 0 spiro atoms. The molecule has 1 aliphatic rings. The number of phenolic OH excluding ortho intramolecular Hbond substituents is 2. The Morgan fingerprint density at radius 2 is 2.07 bits per heavy atom. The predicted molar refractivity (Wildman–Crippen MR) is 59.0 cm³/mol. The monoisotopic (exact) mass is 205 g/mol. The number of aromatic hydroxyl groups is 2. The lowest BCUT2D eigenvalue weighted by Crippen LogP contribution is -2.28. The van der Waals surface area contributed by atoms with Gasteiger partial charge in [-0.2, -0.15) is 0 Å². The van der Waals surface area contributed by atoms with E-state index in [9.17, 15) is 10.2 Å². The van der Waals surface area contributed by atoms with Gasteiger partial charge in [-0.1, -0.05) is 12.2 Å². The van der Waals surface area contributed by atoms with E-state index in [1.165, 1.54) is 0 Å². The molecule has 3 N–H and O–H groups in total. The highest BCUT2D eigenvalue weighted by Crippen LogP contribution is 2.33. The zero-order chi connectivity index (χ0) is 10.8. The zero-order valence-electron chi connectivity index (χ0n) is 8.70.